The molecular formula is C21H19IN2O6. The topological polar surface area (TPSA) is 99.4 Å². The minimum atomic E-state index is -0.465. The number of hydrogen-bond donors (Lipinski definition) is 1. The van der Waals surface area contributed by atoms with Gasteiger partial charge in [-0.3, -0.25) is 4.79 Å². The normalized spacial score (nSPS) is 10.9. The summed E-state index contributed by atoms with van der Waals surface area (Å²) in [7, 11) is 1.30. The lowest BCUT2D eigenvalue weighted by atomic mass is 10.2. The second-order valence-corrected chi connectivity index (χ2v) is 7.16. The van der Waals surface area contributed by atoms with Gasteiger partial charge in [-0.15, -0.1) is 0 Å². The van der Waals surface area contributed by atoms with Crippen LogP contribution < -0.4 is 14.9 Å². The number of furan rings is 1. The first-order valence-electron chi connectivity index (χ1n) is 8.99. The van der Waals surface area contributed by atoms with Crippen molar-refractivity contribution >= 4 is 51.7 Å². The molecule has 0 unspecified atom stereocenters. The van der Waals surface area contributed by atoms with Crippen LogP contribution in [0.15, 0.2) is 52.0 Å². The number of fused-ring (bicyclic) bond motifs is 1. The molecule has 0 bridgehead atoms. The van der Waals surface area contributed by atoms with Crippen LogP contribution in [0.3, 0.4) is 0 Å². The molecule has 1 amide bonds. The fourth-order valence-electron chi connectivity index (χ4n) is 2.52. The lowest BCUT2D eigenvalue weighted by Crippen LogP contribution is -2.16. The maximum absolute atomic E-state index is 12.3. The Bertz CT molecular complexity index is 1090. The van der Waals surface area contributed by atoms with Gasteiger partial charge in [-0.05, 0) is 77.5 Å². The van der Waals surface area contributed by atoms with Crippen molar-refractivity contribution in [2.75, 3.05) is 20.3 Å². The minimum absolute atomic E-state index is 0.150. The second-order valence-electron chi connectivity index (χ2n) is 6.00. The molecule has 8 nitrogen and oxygen atoms in total. The van der Waals surface area contributed by atoms with Gasteiger partial charge in [-0.2, -0.15) is 5.10 Å². The third kappa shape index (κ3) is 5.50. The van der Waals surface area contributed by atoms with Crippen molar-refractivity contribution in [1.82, 2.24) is 5.43 Å². The molecule has 0 saturated carbocycles. The van der Waals surface area contributed by atoms with Gasteiger partial charge >= 0.3 is 11.9 Å². The number of amides is 1. The van der Waals surface area contributed by atoms with Crippen LogP contribution in [0.2, 0.25) is 0 Å². The first-order chi connectivity index (χ1) is 14.5. The Morgan fingerprint density at radius 3 is 2.73 bits per heavy atom. The molecule has 3 rings (SSSR count). The number of methoxy groups -OCH3 is 1. The van der Waals surface area contributed by atoms with Crippen molar-refractivity contribution in [3.8, 4) is 11.5 Å². The smallest absolute Gasteiger partial charge is 0.343 e. The Kier molecular flexibility index (Phi) is 7.28. The molecular weight excluding hydrogens is 503 g/mol. The van der Waals surface area contributed by atoms with E-state index < -0.39 is 11.9 Å². The number of nitrogens with zero attached hydrogens (tertiary/aromatic N) is 1. The Morgan fingerprint density at radius 2 is 2.00 bits per heavy atom. The van der Waals surface area contributed by atoms with Crippen molar-refractivity contribution in [3.05, 3.63) is 57.4 Å². The molecule has 0 aliphatic rings. The van der Waals surface area contributed by atoms with Crippen LogP contribution >= 0.6 is 22.6 Å². The van der Waals surface area contributed by atoms with E-state index in [2.05, 4.69) is 37.9 Å². The van der Waals surface area contributed by atoms with E-state index >= 15 is 0 Å². The molecule has 1 N–H and O–H groups in total. The predicted octanol–water partition coefficient (Wildman–Crippen LogP) is 3.75. The van der Waals surface area contributed by atoms with Gasteiger partial charge in [0, 0.05) is 5.39 Å². The van der Waals surface area contributed by atoms with Gasteiger partial charge in [0.15, 0.2) is 12.4 Å². The van der Waals surface area contributed by atoms with Gasteiger partial charge in [0.05, 0.1) is 23.5 Å². The molecule has 30 heavy (non-hydrogen) atoms. The lowest BCUT2D eigenvalue weighted by molar-refractivity contribution is -0.142. The molecule has 0 saturated heterocycles. The van der Waals surface area contributed by atoms with Crippen molar-refractivity contribution in [2.45, 2.75) is 6.92 Å². The molecule has 0 aliphatic carbocycles. The van der Waals surface area contributed by atoms with Crippen LogP contribution in [0.5, 0.6) is 11.5 Å². The molecule has 9 heteroatoms. The molecule has 0 fully saturated rings. The van der Waals surface area contributed by atoms with E-state index in [1.807, 2.05) is 13.0 Å². The predicted molar refractivity (Wildman–Crippen MR) is 119 cm³/mol. The molecule has 2 aromatic carbocycles. The van der Waals surface area contributed by atoms with E-state index in [1.165, 1.54) is 13.3 Å². The fraction of sp³-hybridized carbons (Fsp3) is 0.190. The van der Waals surface area contributed by atoms with Crippen LogP contribution in [0.1, 0.15) is 23.0 Å². The van der Waals surface area contributed by atoms with Crippen molar-refractivity contribution < 1.29 is 28.2 Å². The number of rotatable bonds is 8. The quantitative estimate of drug-likeness (QED) is 0.210. The zero-order valence-corrected chi connectivity index (χ0v) is 18.5. The number of hydrogen-bond acceptors (Lipinski definition) is 7. The average Bonchev–Trinajstić information content (AvgIpc) is 3.16. The van der Waals surface area contributed by atoms with Crippen molar-refractivity contribution in [2.24, 2.45) is 5.10 Å². The summed E-state index contributed by atoms with van der Waals surface area (Å²) in [6.45, 7) is 2.29. The maximum atomic E-state index is 12.3. The zero-order chi connectivity index (χ0) is 21.5. The standard InChI is InChI=1S/C21H19IN2O6/c1-3-28-15-5-7-17-14(9-15)10-19(30-17)21(26)24-23-11-13-4-6-18(16(22)8-13)29-12-20(25)27-2/h4-11H,3,12H2,1-2H3,(H,24,26)/b23-11+. The van der Waals surface area contributed by atoms with Gasteiger partial charge in [-0.1, -0.05) is 0 Å². The summed E-state index contributed by atoms with van der Waals surface area (Å²) in [6, 6.07) is 12.3. The van der Waals surface area contributed by atoms with E-state index in [4.69, 9.17) is 13.9 Å². The first kappa shape index (κ1) is 21.6. The number of halogens is 1. The zero-order valence-electron chi connectivity index (χ0n) is 16.3. The third-order valence-corrected chi connectivity index (χ3v) is 4.77. The van der Waals surface area contributed by atoms with Gasteiger partial charge in [0.2, 0.25) is 0 Å². The van der Waals surface area contributed by atoms with Crippen molar-refractivity contribution in [1.29, 1.82) is 0 Å². The van der Waals surface area contributed by atoms with E-state index in [0.29, 0.717) is 23.7 Å². The molecule has 0 radical (unpaired) electrons. The number of esters is 1. The summed E-state index contributed by atoms with van der Waals surface area (Å²) >= 11 is 2.08. The van der Waals surface area contributed by atoms with Gasteiger partial charge in [0.25, 0.3) is 0 Å². The largest absolute Gasteiger partial charge is 0.494 e. The molecule has 3 aromatic rings. The molecule has 0 atom stereocenters. The summed E-state index contributed by atoms with van der Waals surface area (Å²) in [5.74, 6) is 0.490. The number of nitrogens with one attached hydrogen (secondary N) is 1. The lowest BCUT2D eigenvalue weighted by Gasteiger charge is -2.07. The van der Waals surface area contributed by atoms with E-state index in [9.17, 15) is 9.59 Å². The molecule has 1 heterocycles. The van der Waals surface area contributed by atoms with Gasteiger partial charge < -0.3 is 18.6 Å². The molecule has 0 aliphatic heterocycles. The molecule has 0 spiro atoms. The van der Waals surface area contributed by atoms with Gasteiger partial charge in [-0.25, -0.2) is 10.2 Å². The number of benzene rings is 2. The van der Waals surface area contributed by atoms with Crippen LogP contribution in [-0.4, -0.2) is 38.4 Å². The van der Waals surface area contributed by atoms with Gasteiger partial charge in [0.1, 0.15) is 17.1 Å². The third-order valence-electron chi connectivity index (χ3n) is 3.93. The Labute approximate surface area is 186 Å². The highest BCUT2D eigenvalue weighted by Gasteiger charge is 2.12. The van der Waals surface area contributed by atoms with Crippen LogP contribution in [-0.2, 0) is 9.53 Å². The highest BCUT2D eigenvalue weighted by Crippen LogP contribution is 2.24. The van der Waals surface area contributed by atoms with Crippen LogP contribution in [0, 0.1) is 3.57 Å². The average molecular weight is 522 g/mol. The van der Waals surface area contributed by atoms with Crippen LogP contribution in [0.25, 0.3) is 11.0 Å². The van der Waals surface area contributed by atoms with Crippen LogP contribution in [0.4, 0.5) is 0 Å². The van der Waals surface area contributed by atoms with E-state index in [-0.39, 0.29) is 12.4 Å². The summed E-state index contributed by atoms with van der Waals surface area (Å²) in [6.07, 6.45) is 1.50. The summed E-state index contributed by atoms with van der Waals surface area (Å²) in [4.78, 5) is 23.5. The monoisotopic (exact) mass is 522 g/mol. The first-order valence-corrected chi connectivity index (χ1v) is 10.1. The van der Waals surface area contributed by atoms with E-state index in [1.54, 1.807) is 36.4 Å². The molecule has 1 aromatic heterocycles. The SMILES string of the molecule is CCOc1ccc2oc(C(=O)N/N=C/c3ccc(OCC(=O)OC)c(I)c3)cc2c1. The highest BCUT2D eigenvalue weighted by atomic mass is 127. The summed E-state index contributed by atoms with van der Waals surface area (Å²) in [5.41, 5.74) is 3.77. The molecule has 156 valence electrons. The number of hydrazone groups is 1. The second kappa shape index (κ2) is 10.1. The summed E-state index contributed by atoms with van der Waals surface area (Å²) in [5, 5.41) is 4.74. The Balaban J connectivity index is 1.62. The highest BCUT2D eigenvalue weighted by molar-refractivity contribution is 14.1. The van der Waals surface area contributed by atoms with Crippen molar-refractivity contribution in [3.63, 3.8) is 0 Å². The number of ether oxygens (including phenoxy) is 3. The fourth-order valence-corrected chi connectivity index (χ4v) is 3.22. The maximum Gasteiger partial charge on any atom is 0.343 e. The minimum Gasteiger partial charge on any atom is -0.494 e. The number of carbonyl (C=O) groups is 2. The summed E-state index contributed by atoms with van der Waals surface area (Å²) < 4.78 is 21.7. The Hall–Kier alpha value is -3.08. The number of carbonyl (C=O) groups excluding carboxylic acids is 2. The van der Waals surface area contributed by atoms with E-state index in [0.717, 1.165) is 14.5 Å². The Morgan fingerprint density at radius 1 is 1.17 bits per heavy atom.